The van der Waals surface area contributed by atoms with Crippen LogP contribution in [0.4, 0.5) is 11.4 Å². The number of nitrogens with two attached hydrogens (primary N) is 1. The number of fused-ring (bicyclic) bond motifs is 1. The average Bonchev–Trinajstić information content (AvgIpc) is 2.42. The van der Waals surface area contributed by atoms with Crippen molar-refractivity contribution in [2.75, 3.05) is 17.7 Å². The largest absolute Gasteiger partial charge is 0.397 e. The third-order valence-corrected chi connectivity index (χ3v) is 2.96. The quantitative estimate of drug-likeness (QED) is 0.710. The van der Waals surface area contributed by atoms with Gasteiger partial charge in [0.2, 0.25) is 5.91 Å². The number of rotatable bonds is 1. The normalized spacial score (nSPS) is 14.9. The summed E-state index contributed by atoms with van der Waals surface area (Å²) in [6.07, 6.45) is 0.483. The highest BCUT2D eigenvalue weighted by molar-refractivity contribution is 6.04. The molecule has 15 heavy (non-hydrogen) atoms. The molecule has 2 rings (SSSR count). The molecule has 0 unspecified atom stereocenters. The molecule has 0 bridgehead atoms. The van der Waals surface area contributed by atoms with Crippen LogP contribution in [-0.4, -0.2) is 13.0 Å². The fourth-order valence-electron chi connectivity index (χ4n) is 2.03. The number of nitrogen functional groups attached to an aromatic ring is 1. The number of amides is 1. The molecule has 0 saturated carbocycles. The number of carbonyl (C=O) groups excluding carboxylic acids is 1. The van der Waals surface area contributed by atoms with Gasteiger partial charge in [0, 0.05) is 7.05 Å². The monoisotopic (exact) mass is 204 g/mol. The molecule has 1 aliphatic heterocycles. The standard InChI is InChI=1S/C12H16N2O/c1-7(2)8-4-9-6-11(15)14(3)12(9)10(13)5-8/h4-5,7H,6,13H2,1-3H3. The molecule has 0 aliphatic carbocycles. The molecule has 0 fully saturated rings. The first-order chi connectivity index (χ1) is 7.00. The smallest absolute Gasteiger partial charge is 0.231 e. The van der Waals surface area contributed by atoms with Crippen LogP contribution < -0.4 is 10.6 Å². The molecule has 0 aromatic heterocycles. The third-order valence-electron chi connectivity index (χ3n) is 2.96. The van der Waals surface area contributed by atoms with Gasteiger partial charge in [0.1, 0.15) is 0 Å². The molecule has 1 aliphatic rings. The van der Waals surface area contributed by atoms with Crippen LogP contribution in [0, 0.1) is 0 Å². The topological polar surface area (TPSA) is 46.3 Å². The summed E-state index contributed by atoms with van der Waals surface area (Å²) >= 11 is 0. The van der Waals surface area contributed by atoms with E-state index in [4.69, 9.17) is 5.73 Å². The average molecular weight is 204 g/mol. The Morgan fingerprint density at radius 3 is 2.67 bits per heavy atom. The summed E-state index contributed by atoms with van der Waals surface area (Å²) in [6, 6.07) is 4.07. The van der Waals surface area contributed by atoms with E-state index in [0.29, 0.717) is 18.0 Å². The summed E-state index contributed by atoms with van der Waals surface area (Å²) < 4.78 is 0. The van der Waals surface area contributed by atoms with E-state index in [1.165, 1.54) is 5.56 Å². The summed E-state index contributed by atoms with van der Waals surface area (Å²) in [5, 5.41) is 0. The Morgan fingerprint density at radius 1 is 1.40 bits per heavy atom. The van der Waals surface area contributed by atoms with E-state index in [1.807, 2.05) is 6.07 Å². The lowest BCUT2D eigenvalue weighted by molar-refractivity contribution is -0.117. The van der Waals surface area contributed by atoms with Gasteiger partial charge in [0.25, 0.3) is 0 Å². The molecule has 80 valence electrons. The lowest BCUT2D eigenvalue weighted by Gasteiger charge is -2.15. The maximum atomic E-state index is 11.5. The van der Waals surface area contributed by atoms with E-state index in [2.05, 4.69) is 19.9 Å². The minimum absolute atomic E-state index is 0.123. The predicted octanol–water partition coefficient (Wildman–Crippen LogP) is 1.91. The van der Waals surface area contributed by atoms with Gasteiger partial charge >= 0.3 is 0 Å². The minimum atomic E-state index is 0.123. The second kappa shape index (κ2) is 3.26. The van der Waals surface area contributed by atoms with Crippen LogP contribution in [0.5, 0.6) is 0 Å². The molecule has 1 aromatic carbocycles. The Kier molecular flexibility index (Phi) is 2.18. The van der Waals surface area contributed by atoms with E-state index >= 15 is 0 Å². The Balaban J connectivity index is 2.56. The molecule has 1 aromatic rings. The molecular weight excluding hydrogens is 188 g/mol. The van der Waals surface area contributed by atoms with Gasteiger partial charge in [-0.25, -0.2) is 0 Å². The highest BCUT2D eigenvalue weighted by Crippen LogP contribution is 2.36. The van der Waals surface area contributed by atoms with Crippen molar-refractivity contribution in [3.05, 3.63) is 23.3 Å². The highest BCUT2D eigenvalue weighted by Gasteiger charge is 2.26. The van der Waals surface area contributed by atoms with Gasteiger partial charge in [-0.2, -0.15) is 0 Å². The van der Waals surface area contributed by atoms with E-state index in [0.717, 1.165) is 11.3 Å². The van der Waals surface area contributed by atoms with Crippen molar-refractivity contribution in [3.63, 3.8) is 0 Å². The first-order valence-electron chi connectivity index (χ1n) is 5.19. The second-order valence-electron chi connectivity index (χ2n) is 4.40. The lowest BCUT2D eigenvalue weighted by Crippen LogP contribution is -2.21. The fourth-order valence-corrected chi connectivity index (χ4v) is 2.03. The van der Waals surface area contributed by atoms with Crippen LogP contribution in [0.25, 0.3) is 0 Å². The van der Waals surface area contributed by atoms with Crippen molar-refractivity contribution in [1.29, 1.82) is 0 Å². The molecule has 1 heterocycles. The van der Waals surface area contributed by atoms with Crippen molar-refractivity contribution >= 4 is 17.3 Å². The predicted molar refractivity (Wildman–Crippen MR) is 62.1 cm³/mol. The van der Waals surface area contributed by atoms with Crippen LogP contribution in [0.1, 0.15) is 30.9 Å². The summed E-state index contributed by atoms with van der Waals surface area (Å²) in [4.78, 5) is 13.2. The highest BCUT2D eigenvalue weighted by atomic mass is 16.2. The molecule has 0 spiro atoms. The van der Waals surface area contributed by atoms with Crippen LogP contribution >= 0.6 is 0 Å². The van der Waals surface area contributed by atoms with Crippen LogP contribution in [0.15, 0.2) is 12.1 Å². The Labute approximate surface area is 89.9 Å². The molecule has 0 radical (unpaired) electrons. The molecular formula is C12H16N2O. The number of hydrogen-bond donors (Lipinski definition) is 1. The van der Waals surface area contributed by atoms with Gasteiger partial charge in [-0.15, -0.1) is 0 Å². The molecule has 3 heteroatoms. The van der Waals surface area contributed by atoms with Crippen molar-refractivity contribution in [1.82, 2.24) is 0 Å². The molecule has 0 saturated heterocycles. The van der Waals surface area contributed by atoms with Gasteiger partial charge in [0.05, 0.1) is 17.8 Å². The number of nitrogens with zero attached hydrogens (tertiary/aromatic N) is 1. The maximum Gasteiger partial charge on any atom is 0.231 e. The van der Waals surface area contributed by atoms with Gasteiger partial charge < -0.3 is 10.6 Å². The number of likely N-dealkylation sites (N-methyl/N-ethyl adjacent to an activating group) is 1. The van der Waals surface area contributed by atoms with Crippen molar-refractivity contribution < 1.29 is 4.79 Å². The van der Waals surface area contributed by atoms with Gasteiger partial charge in [-0.1, -0.05) is 19.9 Å². The summed E-state index contributed by atoms with van der Waals surface area (Å²) in [5.41, 5.74) is 9.84. The summed E-state index contributed by atoms with van der Waals surface area (Å²) in [7, 11) is 1.78. The molecule has 3 nitrogen and oxygen atoms in total. The summed E-state index contributed by atoms with van der Waals surface area (Å²) in [6.45, 7) is 4.25. The number of carbonyl (C=O) groups is 1. The zero-order valence-corrected chi connectivity index (χ0v) is 9.37. The number of hydrogen-bond acceptors (Lipinski definition) is 2. The van der Waals surface area contributed by atoms with Crippen molar-refractivity contribution in [2.24, 2.45) is 0 Å². The van der Waals surface area contributed by atoms with E-state index in [1.54, 1.807) is 11.9 Å². The third kappa shape index (κ3) is 1.48. The van der Waals surface area contributed by atoms with Gasteiger partial charge in [-0.05, 0) is 23.1 Å². The fraction of sp³-hybridized carbons (Fsp3) is 0.417. The SMILES string of the molecule is CC(C)c1cc(N)c2c(c1)CC(=O)N2C. The maximum absolute atomic E-state index is 11.5. The van der Waals surface area contributed by atoms with Crippen LogP contribution in [0.2, 0.25) is 0 Å². The zero-order chi connectivity index (χ0) is 11.2. The van der Waals surface area contributed by atoms with Crippen LogP contribution in [0.3, 0.4) is 0 Å². The Morgan fingerprint density at radius 2 is 2.07 bits per heavy atom. The van der Waals surface area contributed by atoms with Gasteiger partial charge in [-0.3, -0.25) is 4.79 Å². The second-order valence-corrected chi connectivity index (χ2v) is 4.40. The lowest BCUT2D eigenvalue weighted by atomic mass is 9.98. The molecule has 1 amide bonds. The van der Waals surface area contributed by atoms with Crippen molar-refractivity contribution in [2.45, 2.75) is 26.2 Å². The van der Waals surface area contributed by atoms with Gasteiger partial charge in [0.15, 0.2) is 0 Å². The van der Waals surface area contributed by atoms with E-state index in [-0.39, 0.29) is 5.91 Å². The number of anilines is 2. The van der Waals surface area contributed by atoms with Crippen LogP contribution in [-0.2, 0) is 11.2 Å². The van der Waals surface area contributed by atoms with E-state index < -0.39 is 0 Å². The summed E-state index contributed by atoms with van der Waals surface area (Å²) in [5.74, 6) is 0.566. The zero-order valence-electron chi connectivity index (χ0n) is 9.37. The minimum Gasteiger partial charge on any atom is -0.397 e. The van der Waals surface area contributed by atoms with E-state index in [9.17, 15) is 4.79 Å². The first-order valence-corrected chi connectivity index (χ1v) is 5.19. The number of benzene rings is 1. The first kappa shape index (κ1) is 10.0. The Bertz CT molecular complexity index is 424. The molecule has 0 atom stereocenters. The molecule has 2 N–H and O–H groups in total. The Hall–Kier alpha value is -1.51. The van der Waals surface area contributed by atoms with Crippen molar-refractivity contribution in [3.8, 4) is 0 Å².